The number of nitrogens with zero attached hydrogens (tertiary/aromatic N) is 2. The highest BCUT2D eigenvalue weighted by Gasteiger charge is 2.31. The molecule has 2 N–H and O–H groups in total. The van der Waals surface area contributed by atoms with E-state index >= 15 is 0 Å². The first-order valence-electron chi connectivity index (χ1n) is 6.03. The van der Waals surface area contributed by atoms with Crippen molar-refractivity contribution < 1.29 is 0 Å². The van der Waals surface area contributed by atoms with E-state index in [2.05, 4.69) is 36.0 Å². The van der Waals surface area contributed by atoms with Crippen molar-refractivity contribution in [3.05, 3.63) is 23.4 Å². The predicted molar refractivity (Wildman–Crippen MR) is 67.5 cm³/mol. The topological polar surface area (TPSA) is 42.2 Å². The molecule has 3 nitrogen and oxygen atoms in total. The molecule has 0 spiro atoms. The molecule has 0 saturated heterocycles. The van der Waals surface area contributed by atoms with Crippen molar-refractivity contribution in [3.63, 3.8) is 0 Å². The molecule has 1 aromatic heterocycles. The van der Waals surface area contributed by atoms with E-state index in [9.17, 15) is 0 Å². The Morgan fingerprint density at radius 3 is 2.69 bits per heavy atom. The van der Waals surface area contributed by atoms with Gasteiger partial charge in [-0.05, 0) is 44.2 Å². The first-order chi connectivity index (χ1) is 7.63. The van der Waals surface area contributed by atoms with Crippen molar-refractivity contribution >= 4 is 5.82 Å². The molecule has 1 atom stereocenters. The minimum Gasteiger partial charge on any atom is -0.357 e. The molecule has 1 saturated carbocycles. The van der Waals surface area contributed by atoms with Crippen molar-refractivity contribution in [1.82, 2.24) is 4.98 Å². The third kappa shape index (κ3) is 2.19. The van der Waals surface area contributed by atoms with Crippen LogP contribution in [0.4, 0.5) is 5.82 Å². The van der Waals surface area contributed by atoms with Gasteiger partial charge in [0.15, 0.2) is 0 Å². The molecule has 3 heteroatoms. The highest BCUT2D eigenvalue weighted by molar-refractivity contribution is 5.42. The van der Waals surface area contributed by atoms with E-state index in [1.807, 2.05) is 6.92 Å². The Bertz CT molecular complexity index is 371. The first kappa shape index (κ1) is 11.4. The number of hydrogen-bond donors (Lipinski definition) is 1. The lowest BCUT2D eigenvalue weighted by Gasteiger charge is -2.26. The van der Waals surface area contributed by atoms with E-state index in [1.165, 1.54) is 12.8 Å². The highest BCUT2D eigenvalue weighted by atomic mass is 15.2. The molecule has 88 valence electrons. The Morgan fingerprint density at radius 2 is 2.19 bits per heavy atom. The summed E-state index contributed by atoms with van der Waals surface area (Å²) < 4.78 is 0. The SMILES string of the molecule is Cc1nc(N(C)C(C)C2CC2)ccc1CN. The maximum atomic E-state index is 5.64. The molecule has 1 fully saturated rings. The van der Waals surface area contributed by atoms with Crippen LogP contribution in [-0.2, 0) is 6.54 Å². The second-order valence-electron chi connectivity index (χ2n) is 4.81. The Labute approximate surface area is 97.7 Å². The fourth-order valence-corrected chi connectivity index (χ4v) is 2.09. The van der Waals surface area contributed by atoms with E-state index in [4.69, 9.17) is 5.73 Å². The van der Waals surface area contributed by atoms with Gasteiger partial charge < -0.3 is 10.6 Å². The standard InChI is InChI=1S/C13H21N3/c1-9-12(8-14)6-7-13(15-9)16(3)10(2)11-4-5-11/h6-7,10-11H,4-5,8,14H2,1-3H3. The van der Waals surface area contributed by atoms with Gasteiger partial charge in [0.05, 0.1) is 0 Å². The van der Waals surface area contributed by atoms with Crippen LogP contribution >= 0.6 is 0 Å². The number of pyridine rings is 1. The Kier molecular flexibility index (Phi) is 3.15. The first-order valence-corrected chi connectivity index (χ1v) is 6.03. The summed E-state index contributed by atoms with van der Waals surface area (Å²) in [4.78, 5) is 6.90. The number of nitrogens with two attached hydrogens (primary N) is 1. The van der Waals surface area contributed by atoms with E-state index in [0.717, 1.165) is 23.0 Å². The third-order valence-corrected chi connectivity index (χ3v) is 3.68. The largest absolute Gasteiger partial charge is 0.357 e. The van der Waals surface area contributed by atoms with Gasteiger partial charge in [-0.15, -0.1) is 0 Å². The van der Waals surface area contributed by atoms with Gasteiger partial charge in [-0.2, -0.15) is 0 Å². The summed E-state index contributed by atoms with van der Waals surface area (Å²) in [7, 11) is 2.13. The average molecular weight is 219 g/mol. The lowest BCUT2D eigenvalue weighted by Crippen LogP contribution is -2.31. The van der Waals surface area contributed by atoms with E-state index < -0.39 is 0 Å². The molecular weight excluding hydrogens is 198 g/mol. The zero-order valence-electron chi connectivity index (χ0n) is 10.4. The van der Waals surface area contributed by atoms with Crippen LogP contribution in [0.15, 0.2) is 12.1 Å². The number of hydrogen-bond acceptors (Lipinski definition) is 3. The molecule has 0 aliphatic heterocycles. The number of aromatic nitrogens is 1. The maximum absolute atomic E-state index is 5.64. The minimum atomic E-state index is 0.570. The Hall–Kier alpha value is -1.09. The zero-order valence-corrected chi connectivity index (χ0v) is 10.4. The summed E-state index contributed by atoms with van der Waals surface area (Å²) >= 11 is 0. The zero-order chi connectivity index (χ0) is 11.7. The van der Waals surface area contributed by atoms with Crippen molar-refractivity contribution in [2.45, 2.75) is 39.3 Å². The summed E-state index contributed by atoms with van der Waals surface area (Å²) in [6.45, 7) is 4.88. The summed E-state index contributed by atoms with van der Waals surface area (Å²) in [5, 5.41) is 0. The van der Waals surface area contributed by atoms with Crippen molar-refractivity contribution in [3.8, 4) is 0 Å². The van der Waals surface area contributed by atoms with Crippen LogP contribution in [0.3, 0.4) is 0 Å². The summed E-state index contributed by atoms with van der Waals surface area (Å²) in [5.74, 6) is 1.93. The molecule has 0 radical (unpaired) electrons. The molecule has 1 aliphatic rings. The van der Waals surface area contributed by atoms with Crippen molar-refractivity contribution in [1.29, 1.82) is 0 Å². The fraction of sp³-hybridized carbons (Fsp3) is 0.615. The van der Waals surface area contributed by atoms with Crippen LogP contribution in [0.25, 0.3) is 0 Å². The minimum absolute atomic E-state index is 0.570. The smallest absolute Gasteiger partial charge is 0.128 e. The summed E-state index contributed by atoms with van der Waals surface area (Å²) in [6.07, 6.45) is 2.73. The fourth-order valence-electron chi connectivity index (χ4n) is 2.09. The normalized spacial score (nSPS) is 17.2. The molecule has 1 aromatic rings. The van der Waals surface area contributed by atoms with Crippen molar-refractivity contribution in [2.75, 3.05) is 11.9 Å². The molecule has 2 rings (SSSR count). The molecular formula is C13H21N3. The van der Waals surface area contributed by atoms with Crippen molar-refractivity contribution in [2.24, 2.45) is 11.7 Å². The second kappa shape index (κ2) is 4.42. The van der Waals surface area contributed by atoms with Crippen LogP contribution < -0.4 is 10.6 Å². The van der Waals surface area contributed by atoms with Gasteiger partial charge in [0.2, 0.25) is 0 Å². The second-order valence-corrected chi connectivity index (χ2v) is 4.81. The van der Waals surface area contributed by atoms with Crippen LogP contribution in [0.5, 0.6) is 0 Å². The van der Waals surface area contributed by atoms with Crippen LogP contribution in [0.1, 0.15) is 31.0 Å². The van der Waals surface area contributed by atoms with Gasteiger partial charge in [0.1, 0.15) is 5.82 Å². The van der Waals surface area contributed by atoms with Gasteiger partial charge in [-0.3, -0.25) is 0 Å². The highest BCUT2D eigenvalue weighted by Crippen LogP contribution is 2.35. The maximum Gasteiger partial charge on any atom is 0.128 e. The van der Waals surface area contributed by atoms with E-state index in [1.54, 1.807) is 0 Å². The molecule has 1 unspecified atom stereocenters. The third-order valence-electron chi connectivity index (χ3n) is 3.68. The van der Waals surface area contributed by atoms with E-state index in [-0.39, 0.29) is 0 Å². The van der Waals surface area contributed by atoms with Crippen LogP contribution in [-0.4, -0.2) is 18.1 Å². The predicted octanol–water partition coefficient (Wildman–Crippen LogP) is 2.08. The van der Waals surface area contributed by atoms with Crippen LogP contribution in [0.2, 0.25) is 0 Å². The van der Waals surface area contributed by atoms with Gasteiger partial charge in [-0.1, -0.05) is 6.07 Å². The molecule has 0 bridgehead atoms. The average Bonchev–Trinajstić information content (AvgIpc) is 3.11. The lowest BCUT2D eigenvalue weighted by atomic mass is 10.1. The summed E-state index contributed by atoms with van der Waals surface area (Å²) in [6, 6.07) is 4.76. The number of rotatable bonds is 4. The lowest BCUT2D eigenvalue weighted by molar-refractivity contribution is 0.603. The Morgan fingerprint density at radius 1 is 1.50 bits per heavy atom. The molecule has 1 aliphatic carbocycles. The van der Waals surface area contributed by atoms with Gasteiger partial charge in [0.25, 0.3) is 0 Å². The van der Waals surface area contributed by atoms with Crippen LogP contribution in [0, 0.1) is 12.8 Å². The van der Waals surface area contributed by atoms with Gasteiger partial charge >= 0.3 is 0 Å². The Balaban J connectivity index is 2.16. The number of anilines is 1. The van der Waals surface area contributed by atoms with E-state index in [0.29, 0.717) is 12.6 Å². The monoisotopic (exact) mass is 219 g/mol. The number of aryl methyl sites for hydroxylation is 1. The van der Waals surface area contributed by atoms with Gasteiger partial charge in [0, 0.05) is 25.3 Å². The molecule has 16 heavy (non-hydrogen) atoms. The van der Waals surface area contributed by atoms with Gasteiger partial charge in [-0.25, -0.2) is 4.98 Å². The summed E-state index contributed by atoms with van der Waals surface area (Å²) in [5.41, 5.74) is 7.83. The molecule has 1 heterocycles. The quantitative estimate of drug-likeness (QED) is 0.843. The molecule has 0 amide bonds. The molecule has 0 aromatic carbocycles.